The summed E-state index contributed by atoms with van der Waals surface area (Å²) in [6.45, 7) is 8.07. The van der Waals surface area contributed by atoms with Crippen LogP contribution in [0.2, 0.25) is 0 Å². The Morgan fingerprint density at radius 1 is 1.57 bits per heavy atom. The SMILES string of the molecule is CCN(Cc1nc(COC)no1)C(=O)NCC1(C)CCN(C)C1. The Morgan fingerprint density at radius 3 is 2.96 bits per heavy atom. The first-order chi connectivity index (χ1) is 11.0. The molecule has 2 rings (SSSR count). The van der Waals surface area contributed by atoms with Gasteiger partial charge in [0.15, 0.2) is 5.82 Å². The highest BCUT2D eigenvalue weighted by molar-refractivity contribution is 5.74. The molecule has 0 radical (unpaired) electrons. The summed E-state index contributed by atoms with van der Waals surface area (Å²) < 4.78 is 10.1. The molecule has 2 amide bonds. The first-order valence-electron chi connectivity index (χ1n) is 7.97. The molecule has 0 bridgehead atoms. The molecule has 1 atom stereocenters. The van der Waals surface area contributed by atoms with Crippen LogP contribution in [0.15, 0.2) is 4.52 Å². The Bertz CT molecular complexity index is 521. The maximum absolute atomic E-state index is 12.4. The number of carbonyl (C=O) groups excluding carboxylic acids is 1. The van der Waals surface area contributed by atoms with E-state index in [1.807, 2.05) is 6.92 Å². The Morgan fingerprint density at radius 2 is 2.35 bits per heavy atom. The lowest BCUT2D eigenvalue weighted by Crippen LogP contribution is -2.44. The van der Waals surface area contributed by atoms with Crippen LogP contribution in [0, 0.1) is 5.41 Å². The minimum Gasteiger partial charge on any atom is -0.377 e. The van der Waals surface area contributed by atoms with Crippen molar-refractivity contribution in [2.45, 2.75) is 33.4 Å². The van der Waals surface area contributed by atoms with E-state index < -0.39 is 0 Å². The average molecular weight is 325 g/mol. The summed E-state index contributed by atoms with van der Waals surface area (Å²) in [6.07, 6.45) is 1.10. The minimum atomic E-state index is -0.102. The van der Waals surface area contributed by atoms with Crippen molar-refractivity contribution in [1.29, 1.82) is 0 Å². The minimum absolute atomic E-state index is 0.102. The van der Waals surface area contributed by atoms with Crippen molar-refractivity contribution in [3.8, 4) is 0 Å². The van der Waals surface area contributed by atoms with Crippen LogP contribution in [0.1, 0.15) is 32.0 Å². The van der Waals surface area contributed by atoms with Crippen LogP contribution in [-0.4, -0.2) is 66.3 Å². The average Bonchev–Trinajstić information content (AvgIpc) is 3.10. The van der Waals surface area contributed by atoms with Crippen LogP contribution in [0.4, 0.5) is 4.79 Å². The van der Waals surface area contributed by atoms with Crippen LogP contribution in [0.3, 0.4) is 0 Å². The number of likely N-dealkylation sites (tertiary alicyclic amines) is 1. The molecule has 0 spiro atoms. The molecule has 1 aromatic rings. The van der Waals surface area contributed by atoms with Crippen LogP contribution in [0.5, 0.6) is 0 Å². The summed E-state index contributed by atoms with van der Waals surface area (Å²) >= 11 is 0. The van der Waals surface area contributed by atoms with Crippen LogP contribution in [-0.2, 0) is 17.9 Å². The number of nitrogens with zero attached hydrogens (tertiary/aromatic N) is 4. The van der Waals surface area contributed by atoms with Gasteiger partial charge in [-0.1, -0.05) is 12.1 Å². The molecule has 1 aromatic heterocycles. The van der Waals surface area contributed by atoms with Gasteiger partial charge in [-0.3, -0.25) is 0 Å². The maximum Gasteiger partial charge on any atom is 0.317 e. The third-order valence-electron chi connectivity index (χ3n) is 4.19. The second kappa shape index (κ2) is 7.74. The van der Waals surface area contributed by atoms with Crippen molar-refractivity contribution in [3.05, 3.63) is 11.7 Å². The number of hydrogen-bond donors (Lipinski definition) is 1. The first-order valence-corrected chi connectivity index (χ1v) is 7.97. The summed E-state index contributed by atoms with van der Waals surface area (Å²) in [6, 6.07) is -0.102. The summed E-state index contributed by atoms with van der Waals surface area (Å²) in [5, 5.41) is 6.84. The van der Waals surface area contributed by atoms with Gasteiger partial charge in [-0.25, -0.2) is 4.79 Å². The smallest absolute Gasteiger partial charge is 0.317 e. The zero-order valence-corrected chi connectivity index (χ0v) is 14.5. The van der Waals surface area contributed by atoms with E-state index in [-0.39, 0.29) is 11.4 Å². The highest BCUT2D eigenvalue weighted by Crippen LogP contribution is 2.27. The molecule has 1 fully saturated rings. The number of ether oxygens (including phenoxy) is 1. The van der Waals surface area contributed by atoms with E-state index in [9.17, 15) is 4.79 Å². The fourth-order valence-corrected chi connectivity index (χ4v) is 2.85. The van der Waals surface area contributed by atoms with Gasteiger partial charge in [0.2, 0.25) is 5.89 Å². The quantitative estimate of drug-likeness (QED) is 0.808. The van der Waals surface area contributed by atoms with E-state index in [4.69, 9.17) is 9.26 Å². The van der Waals surface area contributed by atoms with Gasteiger partial charge in [-0.05, 0) is 32.4 Å². The van der Waals surface area contributed by atoms with Gasteiger partial charge in [-0.2, -0.15) is 4.98 Å². The number of carbonyl (C=O) groups is 1. The van der Waals surface area contributed by atoms with Gasteiger partial charge >= 0.3 is 6.03 Å². The van der Waals surface area contributed by atoms with Gasteiger partial charge in [0.1, 0.15) is 13.2 Å². The van der Waals surface area contributed by atoms with Crippen molar-refractivity contribution >= 4 is 6.03 Å². The van der Waals surface area contributed by atoms with Crippen molar-refractivity contribution in [2.24, 2.45) is 5.41 Å². The van der Waals surface area contributed by atoms with Gasteiger partial charge in [0, 0.05) is 26.7 Å². The Balaban J connectivity index is 1.85. The largest absolute Gasteiger partial charge is 0.377 e. The van der Waals surface area contributed by atoms with E-state index in [0.29, 0.717) is 38.0 Å². The molecular formula is C15H27N5O3. The molecule has 0 saturated carbocycles. The highest BCUT2D eigenvalue weighted by atomic mass is 16.5. The fraction of sp³-hybridized carbons (Fsp3) is 0.800. The number of aromatic nitrogens is 2. The fourth-order valence-electron chi connectivity index (χ4n) is 2.85. The molecule has 23 heavy (non-hydrogen) atoms. The van der Waals surface area contributed by atoms with E-state index in [2.05, 4.69) is 34.3 Å². The molecule has 1 saturated heterocycles. The van der Waals surface area contributed by atoms with Gasteiger partial charge in [0.05, 0.1) is 0 Å². The number of urea groups is 1. The van der Waals surface area contributed by atoms with Crippen molar-refractivity contribution in [2.75, 3.05) is 40.3 Å². The molecule has 0 aromatic carbocycles. The lowest BCUT2D eigenvalue weighted by molar-refractivity contribution is 0.173. The Hall–Kier alpha value is -1.67. The Labute approximate surface area is 137 Å². The summed E-state index contributed by atoms with van der Waals surface area (Å²) in [5.74, 6) is 0.904. The van der Waals surface area contributed by atoms with Crippen LogP contribution < -0.4 is 5.32 Å². The highest BCUT2D eigenvalue weighted by Gasteiger charge is 2.32. The number of hydrogen-bond acceptors (Lipinski definition) is 6. The number of methoxy groups -OCH3 is 1. The summed E-state index contributed by atoms with van der Waals surface area (Å²) in [7, 11) is 3.68. The number of rotatable bonds is 7. The van der Waals surface area contributed by atoms with E-state index in [0.717, 1.165) is 19.5 Å². The lowest BCUT2D eigenvalue weighted by atomic mass is 9.90. The molecule has 1 aliphatic rings. The topological polar surface area (TPSA) is 83.7 Å². The summed E-state index contributed by atoms with van der Waals surface area (Å²) in [4.78, 5) is 20.5. The number of nitrogens with one attached hydrogen (secondary N) is 1. The van der Waals surface area contributed by atoms with Gasteiger partial charge < -0.3 is 24.4 Å². The van der Waals surface area contributed by atoms with E-state index in [1.165, 1.54) is 0 Å². The van der Waals surface area contributed by atoms with Crippen molar-refractivity contribution in [3.63, 3.8) is 0 Å². The zero-order chi connectivity index (χ0) is 16.9. The third kappa shape index (κ3) is 4.90. The summed E-state index contributed by atoms with van der Waals surface area (Å²) in [5.41, 5.74) is 0.139. The normalized spacial score (nSPS) is 21.6. The molecule has 2 heterocycles. The van der Waals surface area contributed by atoms with Crippen LogP contribution in [0.25, 0.3) is 0 Å². The number of amides is 2. The van der Waals surface area contributed by atoms with E-state index >= 15 is 0 Å². The van der Waals surface area contributed by atoms with Crippen molar-refractivity contribution < 1.29 is 14.1 Å². The molecule has 130 valence electrons. The molecule has 1 aliphatic heterocycles. The second-order valence-electron chi connectivity index (χ2n) is 6.51. The molecule has 1 unspecified atom stereocenters. The molecule has 8 heteroatoms. The lowest BCUT2D eigenvalue weighted by Gasteiger charge is -2.26. The third-order valence-corrected chi connectivity index (χ3v) is 4.19. The predicted octanol–water partition coefficient (Wildman–Crippen LogP) is 1.09. The van der Waals surface area contributed by atoms with Crippen LogP contribution >= 0.6 is 0 Å². The first kappa shape index (κ1) is 17.7. The van der Waals surface area contributed by atoms with Gasteiger partial charge in [-0.15, -0.1) is 0 Å². The van der Waals surface area contributed by atoms with Crippen molar-refractivity contribution in [1.82, 2.24) is 25.3 Å². The molecule has 1 N–H and O–H groups in total. The molecular weight excluding hydrogens is 298 g/mol. The molecule has 8 nitrogen and oxygen atoms in total. The standard InChI is InChI=1S/C15H27N5O3/c1-5-20(8-13-17-12(9-22-4)18-23-13)14(21)16-10-15(2)6-7-19(3)11-15/h5-11H2,1-4H3,(H,16,21). The maximum atomic E-state index is 12.4. The second-order valence-corrected chi connectivity index (χ2v) is 6.51. The van der Waals surface area contributed by atoms with Gasteiger partial charge in [0.25, 0.3) is 0 Å². The van der Waals surface area contributed by atoms with E-state index in [1.54, 1.807) is 12.0 Å². The predicted molar refractivity (Wildman–Crippen MR) is 84.7 cm³/mol. The molecule has 0 aliphatic carbocycles. The Kier molecular flexibility index (Phi) is 5.95. The zero-order valence-electron chi connectivity index (χ0n) is 14.5. The monoisotopic (exact) mass is 325 g/mol.